The summed E-state index contributed by atoms with van der Waals surface area (Å²) >= 11 is 0. The zero-order valence-electron chi connectivity index (χ0n) is 16.7. The molecule has 0 fully saturated rings. The van der Waals surface area contributed by atoms with Crippen LogP contribution in [0.4, 0.5) is 0 Å². The van der Waals surface area contributed by atoms with Gasteiger partial charge in [0.15, 0.2) is 0 Å². The van der Waals surface area contributed by atoms with Crippen LogP contribution in [0, 0.1) is 11.8 Å². The molecule has 3 aliphatic carbocycles. The summed E-state index contributed by atoms with van der Waals surface area (Å²) in [6.07, 6.45) is 21.1. The molecule has 2 heteroatoms. The Morgan fingerprint density at radius 1 is 1.12 bits per heavy atom. The van der Waals surface area contributed by atoms with E-state index < -0.39 is 0 Å². The van der Waals surface area contributed by atoms with E-state index in [-0.39, 0.29) is 0 Å². The highest BCUT2D eigenvalue weighted by molar-refractivity contribution is 5.36. The highest BCUT2D eigenvalue weighted by Gasteiger charge is 2.41. The van der Waals surface area contributed by atoms with Crippen molar-refractivity contribution in [3.8, 4) is 0 Å². The first-order valence-electron chi connectivity index (χ1n) is 10.5. The van der Waals surface area contributed by atoms with Crippen LogP contribution in [0.15, 0.2) is 59.6 Å². The number of hydrogen-bond donors (Lipinski definition) is 0. The summed E-state index contributed by atoms with van der Waals surface area (Å²) in [5, 5.41) is 0. The van der Waals surface area contributed by atoms with Crippen molar-refractivity contribution in [3.05, 3.63) is 59.6 Å². The van der Waals surface area contributed by atoms with Crippen LogP contribution in [0.25, 0.3) is 0 Å². The van der Waals surface area contributed by atoms with Crippen LogP contribution in [-0.4, -0.2) is 22.0 Å². The highest BCUT2D eigenvalue weighted by Crippen LogP contribution is 2.44. The van der Waals surface area contributed by atoms with Crippen molar-refractivity contribution in [2.75, 3.05) is 0 Å². The standard InChI is InChI=1S/C24H34N2/c1-17(2)25-19(4)26(24-13-9-8-12-23(24)25)22-15-14-21(16-18(22)3)20-10-6-5-7-11-20/h5-6,9,13-14,18-20,22H,1,7-8,10-12,15-16H2,2-4H3. The summed E-state index contributed by atoms with van der Waals surface area (Å²) in [5.41, 5.74) is 5.86. The van der Waals surface area contributed by atoms with Gasteiger partial charge in [0.25, 0.3) is 0 Å². The van der Waals surface area contributed by atoms with Gasteiger partial charge in [-0.05, 0) is 76.7 Å². The molecule has 0 radical (unpaired) electrons. The van der Waals surface area contributed by atoms with Gasteiger partial charge in [0, 0.05) is 17.4 Å². The van der Waals surface area contributed by atoms with Gasteiger partial charge >= 0.3 is 0 Å². The van der Waals surface area contributed by atoms with Crippen molar-refractivity contribution >= 4 is 0 Å². The summed E-state index contributed by atoms with van der Waals surface area (Å²) in [6, 6.07) is 0.602. The fourth-order valence-electron chi connectivity index (χ4n) is 5.62. The molecule has 0 bridgehead atoms. The van der Waals surface area contributed by atoms with Gasteiger partial charge in [-0.3, -0.25) is 0 Å². The lowest BCUT2D eigenvalue weighted by atomic mass is 9.76. The number of hydrogen-bond acceptors (Lipinski definition) is 2. The predicted molar refractivity (Wildman–Crippen MR) is 110 cm³/mol. The predicted octanol–water partition coefficient (Wildman–Crippen LogP) is 6.13. The van der Waals surface area contributed by atoms with E-state index in [2.05, 4.69) is 67.5 Å². The van der Waals surface area contributed by atoms with Crippen LogP contribution < -0.4 is 0 Å². The summed E-state index contributed by atoms with van der Waals surface area (Å²) < 4.78 is 0. The van der Waals surface area contributed by atoms with Crippen LogP contribution in [-0.2, 0) is 0 Å². The molecule has 0 amide bonds. The second-order valence-electron chi connectivity index (χ2n) is 8.66. The average Bonchev–Trinajstić information content (AvgIpc) is 2.94. The number of rotatable bonds is 3. The molecule has 0 saturated heterocycles. The van der Waals surface area contributed by atoms with Crippen LogP contribution in [0.2, 0.25) is 0 Å². The zero-order valence-corrected chi connectivity index (χ0v) is 16.7. The first-order valence-corrected chi connectivity index (χ1v) is 10.5. The van der Waals surface area contributed by atoms with E-state index in [0.717, 1.165) is 18.8 Å². The van der Waals surface area contributed by atoms with Gasteiger partial charge < -0.3 is 9.80 Å². The third-order valence-corrected chi connectivity index (χ3v) is 6.86. The molecule has 1 heterocycles. The third kappa shape index (κ3) is 2.98. The quantitative estimate of drug-likeness (QED) is 0.565. The van der Waals surface area contributed by atoms with Crippen LogP contribution in [0.3, 0.4) is 0 Å². The molecule has 26 heavy (non-hydrogen) atoms. The van der Waals surface area contributed by atoms with E-state index in [9.17, 15) is 0 Å². The SMILES string of the molecule is C=C(C)N1C2=C(C=CCC2)N(C2CC=C(C3CC=CCC3)CC2C)C1C. The van der Waals surface area contributed by atoms with Gasteiger partial charge in [-0.2, -0.15) is 0 Å². The van der Waals surface area contributed by atoms with Crippen LogP contribution >= 0.6 is 0 Å². The van der Waals surface area contributed by atoms with E-state index in [1.807, 2.05) is 0 Å². The van der Waals surface area contributed by atoms with E-state index in [1.165, 1.54) is 49.2 Å². The van der Waals surface area contributed by atoms with Crippen molar-refractivity contribution in [2.45, 2.75) is 77.9 Å². The zero-order chi connectivity index (χ0) is 18.3. The Balaban J connectivity index is 1.58. The maximum atomic E-state index is 4.27. The van der Waals surface area contributed by atoms with Crippen molar-refractivity contribution in [2.24, 2.45) is 11.8 Å². The van der Waals surface area contributed by atoms with Crippen molar-refractivity contribution < 1.29 is 0 Å². The van der Waals surface area contributed by atoms with Crippen molar-refractivity contribution in [1.29, 1.82) is 0 Å². The molecule has 0 N–H and O–H groups in total. The molecular weight excluding hydrogens is 316 g/mol. The Kier molecular flexibility index (Phi) is 4.86. The second kappa shape index (κ2) is 7.13. The van der Waals surface area contributed by atoms with E-state index in [4.69, 9.17) is 0 Å². The first-order chi connectivity index (χ1) is 12.6. The molecule has 0 aromatic rings. The molecule has 4 atom stereocenters. The largest absolute Gasteiger partial charge is 0.346 e. The Morgan fingerprint density at radius 3 is 2.65 bits per heavy atom. The maximum absolute atomic E-state index is 4.27. The Bertz CT molecular complexity index is 693. The molecule has 1 aliphatic heterocycles. The van der Waals surface area contributed by atoms with Crippen LogP contribution in [0.1, 0.15) is 65.7 Å². The molecular formula is C24H34N2. The van der Waals surface area contributed by atoms with Gasteiger partial charge in [-0.1, -0.05) is 43.4 Å². The second-order valence-corrected chi connectivity index (χ2v) is 8.66. The van der Waals surface area contributed by atoms with Crippen molar-refractivity contribution in [1.82, 2.24) is 9.80 Å². The van der Waals surface area contributed by atoms with Gasteiger partial charge in [0.1, 0.15) is 6.17 Å². The lowest BCUT2D eigenvalue weighted by molar-refractivity contribution is 0.103. The molecule has 0 spiro atoms. The molecule has 0 saturated carbocycles. The molecule has 2 nitrogen and oxygen atoms in total. The van der Waals surface area contributed by atoms with E-state index in [0.29, 0.717) is 18.1 Å². The summed E-state index contributed by atoms with van der Waals surface area (Å²) in [5.74, 6) is 1.51. The molecule has 4 aliphatic rings. The highest BCUT2D eigenvalue weighted by atomic mass is 15.4. The summed E-state index contributed by atoms with van der Waals surface area (Å²) in [6.45, 7) is 11.3. The fourth-order valence-corrected chi connectivity index (χ4v) is 5.62. The lowest BCUT2D eigenvalue weighted by Crippen LogP contribution is -2.46. The monoisotopic (exact) mass is 350 g/mol. The van der Waals surface area contributed by atoms with E-state index >= 15 is 0 Å². The molecule has 0 aromatic heterocycles. The minimum absolute atomic E-state index is 0.389. The smallest absolute Gasteiger partial charge is 0.103 e. The fraction of sp³-hybridized carbons (Fsp3) is 0.583. The Labute approximate surface area is 159 Å². The van der Waals surface area contributed by atoms with Gasteiger partial charge in [0.05, 0.1) is 5.70 Å². The first kappa shape index (κ1) is 17.7. The normalized spacial score (nSPS) is 34.2. The van der Waals surface area contributed by atoms with E-state index in [1.54, 1.807) is 5.57 Å². The molecule has 140 valence electrons. The van der Waals surface area contributed by atoms with Gasteiger partial charge in [-0.25, -0.2) is 0 Å². The maximum Gasteiger partial charge on any atom is 0.103 e. The topological polar surface area (TPSA) is 6.48 Å². The Morgan fingerprint density at radius 2 is 1.96 bits per heavy atom. The summed E-state index contributed by atoms with van der Waals surface area (Å²) in [4.78, 5) is 5.19. The third-order valence-electron chi connectivity index (χ3n) is 6.86. The number of nitrogens with zero attached hydrogens (tertiary/aromatic N) is 2. The van der Waals surface area contributed by atoms with Crippen LogP contribution in [0.5, 0.6) is 0 Å². The molecule has 0 aromatic carbocycles. The minimum atomic E-state index is 0.389. The minimum Gasteiger partial charge on any atom is -0.346 e. The number of allylic oxidation sites excluding steroid dienone is 7. The molecule has 4 unspecified atom stereocenters. The molecule has 4 rings (SSSR count). The lowest BCUT2D eigenvalue weighted by Gasteiger charge is -2.43. The van der Waals surface area contributed by atoms with Gasteiger partial charge in [-0.15, -0.1) is 0 Å². The average molecular weight is 351 g/mol. The summed E-state index contributed by atoms with van der Waals surface area (Å²) in [7, 11) is 0. The van der Waals surface area contributed by atoms with Gasteiger partial charge in [0.2, 0.25) is 0 Å². The van der Waals surface area contributed by atoms with Crippen molar-refractivity contribution in [3.63, 3.8) is 0 Å². The Hall–Kier alpha value is -1.70.